The van der Waals surface area contributed by atoms with E-state index in [2.05, 4.69) is 16.4 Å². The van der Waals surface area contributed by atoms with Gasteiger partial charge in [-0.1, -0.05) is 6.92 Å². The molecule has 0 atom stereocenters. The number of rotatable bonds is 2. The number of benzene rings is 1. The summed E-state index contributed by atoms with van der Waals surface area (Å²) < 4.78 is 0. The molecule has 0 aliphatic carbocycles. The van der Waals surface area contributed by atoms with Crippen molar-refractivity contribution < 1.29 is 4.79 Å². The number of hydrogen-bond acceptors (Lipinski definition) is 1. The second-order valence-corrected chi connectivity index (χ2v) is 3.66. The van der Waals surface area contributed by atoms with Gasteiger partial charge in [-0.3, -0.25) is 4.79 Å². The second-order valence-electron chi connectivity index (χ2n) is 3.66. The molecule has 2 rings (SSSR count). The van der Waals surface area contributed by atoms with Gasteiger partial charge in [0, 0.05) is 28.7 Å². The van der Waals surface area contributed by atoms with Crippen molar-refractivity contribution in [2.45, 2.75) is 20.3 Å². The van der Waals surface area contributed by atoms with Crippen LogP contribution in [0.15, 0.2) is 24.3 Å². The van der Waals surface area contributed by atoms with E-state index in [1.54, 1.807) is 0 Å². The number of aromatic nitrogens is 1. The molecule has 0 saturated heterocycles. The quantitative estimate of drug-likeness (QED) is 0.772. The zero-order valence-electron chi connectivity index (χ0n) is 8.92. The van der Waals surface area contributed by atoms with Crippen LogP contribution in [0.4, 0.5) is 5.69 Å². The van der Waals surface area contributed by atoms with Crippen molar-refractivity contribution in [1.82, 2.24) is 4.98 Å². The van der Waals surface area contributed by atoms with Gasteiger partial charge in [0.1, 0.15) is 0 Å². The summed E-state index contributed by atoms with van der Waals surface area (Å²) in [6.07, 6.45) is 0.504. The Hall–Kier alpha value is -1.77. The van der Waals surface area contributed by atoms with Crippen LogP contribution in [0.2, 0.25) is 0 Å². The van der Waals surface area contributed by atoms with E-state index in [1.165, 1.54) is 0 Å². The number of H-pyrrole nitrogens is 1. The van der Waals surface area contributed by atoms with E-state index in [0.29, 0.717) is 6.42 Å². The van der Waals surface area contributed by atoms with Crippen LogP contribution >= 0.6 is 0 Å². The minimum Gasteiger partial charge on any atom is -0.359 e. The third-order valence-corrected chi connectivity index (χ3v) is 2.36. The molecule has 0 saturated carbocycles. The van der Waals surface area contributed by atoms with E-state index in [9.17, 15) is 4.79 Å². The third kappa shape index (κ3) is 2.01. The smallest absolute Gasteiger partial charge is 0.224 e. The molecule has 0 aliphatic rings. The molecule has 1 heterocycles. The first kappa shape index (κ1) is 9.77. The Kier molecular flexibility index (Phi) is 2.46. The molecule has 0 fully saturated rings. The summed E-state index contributed by atoms with van der Waals surface area (Å²) in [5, 5.41) is 3.97. The lowest BCUT2D eigenvalue weighted by Crippen LogP contribution is -2.08. The van der Waals surface area contributed by atoms with Crippen LogP contribution in [0, 0.1) is 6.92 Å². The van der Waals surface area contributed by atoms with Crippen molar-refractivity contribution >= 4 is 22.5 Å². The molecule has 1 aromatic carbocycles. The highest BCUT2D eigenvalue weighted by Gasteiger charge is 2.01. The minimum absolute atomic E-state index is 0.0432. The van der Waals surface area contributed by atoms with Crippen LogP contribution in [-0.2, 0) is 4.79 Å². The van der Waals surface area contributed by atoms with Crippen LogP contribution in [0.25, 0.3) is 10.9 Å². The summed E-state index contributed by atoms with van der Waals surface area (Å²) in [6.45, 7) is 3.86. The van der Waals surface area contributed by atoms with E-state index in [-0.39, 0.29) is 5.91 Å². The molecule has 3 heteroatoms. The van der Waals surface area contributed by atoms with E-state index in [0.717, 1.165) is 22.3 Å². The van der Waals surface area contributed by atoms with Crippen molar-refractivity contribution in [2.24, 2.45) is 0 Å². The number of fused-ring (bicyclic) bond motifs is 1. The summed E-state index contributed by atoms with van der Waals surface area (Å²) in [7, 11) is 0. The maximum absolute atomic E-state index is 11.2. The number of anilines is 1. The van der Waals surface area contributed by atoms with Crippen molar-refractivity contribution in [3.8, 4) is 0 Å². The average Bonchev–Trinajstić information content (AvgIpc) is 2.57. The van der Waals surface area contributed by atoms with E-state index in [4.69, 9.17) is 0 Å². The van der Waals surface area contributed by atoms with Crippen molar-refractivity contribution in [3.05, 3.63) is 30.0 Å². The summed E-state index contributed by atoms with van der Waals surface area (Å²) in [6, 6.07) is 7.93. The van der Waals surface area contributed by atoms with Crippen LogP contribution < -0.4 is 5.32 Å². The third-order valence-electron chi connectivity index (χ3n) is 2.36. The minimum atomic E-state index is 0.0432. The standard InChI is InChI=1S/C12H14N2O/c1-3-12(15)14-10-4-5-11-9(7-10)6-8(2)13-11/h4-7,13H,3H2,1-2H3,(H,14,15). The highest BCUT2D eigenvalue weighted by molar-refractivity contribution is 5.93. The number of aryl methyl sites for hydroxylation is 1. The first-order valence-corrected chi connectivity index (χ1v) is 5.08. The van der Waals surface area contributed by atoms with Crippen LogP contribution in [0.1, 0.15) is 19.0 Å². The second kappa shape index (κ2) is 3.77. The van der Waals surface area contributed by atoms with Gasteiger partial charge in [0.2, 0.25) is 5.91 Å². The van der Waals surface area contributed by atoms with Gasteiger partial charge in [0.25, 0.3) is 0 Å². The van der Waals surface area contributed by atoms with Gasteiger partial charge < -0.3 is 10.3 Å². The fourth-order valence-corrected chi connectivity index (χ4v) is 1.60. The van der Waals surface area contributed by atoms with E-state index < -0.39 is 0 Å². The Bertz CT molecular complexity index is 499. The molecule has 0 radical (unpaired) electrons. The topological polar surface area (TPSA) is 44.9 Å². The predicted molar refractivity (Wildman–Crippen MR) is 62.0 cm³/mol. The lowest BCUT2D eigenvalue weighted by atomic mass is 10.2. The van der Waals surface area contributed by atoms with E-state index in [1.807, 2.05) is 32.0 Å². The summed E-state index contributed by atoms with van der Waals surface area (Å²) >= 11 is 0. The zero-order valence-corrected chi connectivity index (χ0v) is 8.92. The largest absolute Gasteiger partial charge is 0.359 e. The van der Waals surface area contributed by atoms with Crippen molar-refractivity contribution in [1.29, 1.82) is 0 Å². The maximum atomic E-state index is 11.2. The molecular formula is C12H14N2O. The molecule has 15 heavy (non-hydrogen) atoms. The number of nitrogens with one attached hydrogen (secondary N) is 2. The molecule has 1 aromatic heterocycles. The Labute approximate surface area is 88.5 Å². The van der Waals surface area contributed by atoms with Crippen LogP contribution in [0.3, 0.4) is 0 Å². The van der Waals surface area contributed by atoms with E-state index >= 15 is 0 Å². The number of carbonyl (C=O) groups excluding carboxylic acids is 1. The normalized spacial score (nSPS) is 10.5. The zero-order chi connectivity index (χ0) is 10.8. The Morgan fingerprint density at radius 2 is 2.20 bits per heavy atom. The molecule has 0 spiro atoms. The lowest BCUT2D eigenvalue weighted by Gasteiger charge is -2.02. The maximum Gasteiger partial charge on any atom is 0.224 e. The first-order chi connectivity index (χ1) is 7.19. The SMILES string of the molecule is CCC(=O)Nc1ccc2[nH]c(C)cc2c1. The van der Waals surface area contributed by atoms with Gasteiger partial charge in [-0.25, -0.2) is 0 Å². The van der Waals surface area contributed by atoms with Gasteiger partial charge in [0.15, 0.2) is 0 Å². The average molecular weight is 202 g/mol. The van der Waals surface area contributed by atoms with Crippen LogP contribution in [0.5, 0.6) is 0 Å². The Balaban J connectivity index is 2.33. The highest BCUT2D eigenvalue weighted by atomic mass is 16.1. The molecule has 1 amide bonds. The molecule has 2 N–H and O–H groups in total. The molecule has 0 unspecified atom stereocenters. The molecule has 3 nitrogen and oxygen atoms in total. The van der Waals surface area contributed by atoms with Crippen molar-refractivity contribution in [3.63, 3.8) is 0 Å². The number of carbonyl (C=O) groups is 1. The first-order valence-electron chi connectivity index (χ1n) is 5.08. The molecule has 78 valence electrons. The molecule has 0 aliphatic heterocycles. The number of hydrogen-bond donors (Lipinski definition) is 2. The summed E-state index contributed by atoms with van der Waals surface area (Å²) in [4.78, 5) is 14.4. The van der Waals surface area contributed by atoms with Crippen LogP contribution in [-0.4, -0.2) is 10.9 Å². The van der Waals surface area contributed by atoms with Gasteiger partial charge in [0.05, 0.1) is 0 Å². The van der Waals surface area contributed by atoms with Gasteiger partial charge >= 0.3 is 0 Å². The Morgan fingerprint density at radius 1 is 1.40 bits per heavy atom. The monoisotopic (exact) mass is 202 g/mol. The predicted octanol–water partition coefficient (Wildman–Crippen LogP) is 2.82. The molecular weight excluding hydrogens is 188 g/mol. The number of amides is 1. The lowest BCUT2D eigenvalue weighted by molar-refractivity contribution is -0.115. The highest BCUT2D eigenvalue weighted by Crippen LogP contribution is 2.19. The van der Waals surface area contributed by atoms with Gasteiger partial charge in [-0.15, -0.1) is 0 Å². The van der Waals surface area contributed by atoms with Gasteiger partial charge in [-0.05, 0) is 31.2 Å². The molecule has 2 aromatic rings. The fraction of sp³-hybridized carbons (Fsp3) is 0.250. The van der Waals surface area contributed by atoms with Crippen molar-refractivity contribution in [2.75, 3.05) is 5.32 Å². The van der Waals surface area contributed by atoms with Gasteiger partial charge in [-0.2, -0.15) is 0 Å². The fourth-order valence-electron chi connectivity index (χ4n) is 1.60. The Morgan fingerprint density at radius 3 is 2.93 bits per heavy atom. The summed E-state index contributed by atoms with van der Waals surface area (Å²) in [5.41, 5.74) is 3.08. The number of aromatic amines is 1. The summed E-state index contributed by atoms with van der Waals surface area (Å²) in [5.74, 6) is 0.0432. The molecule has 0 bridgehead atoms.